The molecule has 1 aliphatic rings. The summed E-state index contributed by atoms with van der Waals surface area (Å²) in [5.74, 6) is 0.174. The molecule has 0 spiro atoms. The van der Waals surface area contributed by atoms with Gasteiger partial charge in [0.25, 0.3) is 0 Å². The molecule has 0 saturated carbocycles. The van der Waals surface area contributed by atoms with Crippen molar-refractivity contribution in [2.75, 3.05) is 19.6 Å². The summed E-state index contributed by atoms with van der Waals surface area (Å²) >= 11 is 0. The molecule has 0 aromatic carbocycles. The molecule has 1 aliphatic heterocycles. The minimum atomic E-state index is -0.947. The SMILES string of the molecule is CCN1CCC(c2noc(CC(=O)O)n2)C1. The Morgan fingerprint density at radius 2 is 2.50 bits per heavy atom. The number of hydrogen-bond acceptors (Lipinski definition) is 5. The predicted molar refractivity (Wildman–Crippen MR) is 55.1 cm³/mol. The number of nitrogens with zero attached hydrogens (tertiary/aromatic N) is 3. The van der Waals surface area contributed by atoms with Crippen LogP contribution in [0.5, 0.6) is 0 Å². The molecule has 6 nitrogen and oxygen atoms in total. The number of carboxylic acids is 1. The molecule has 16 heavy (non-hydrogen) atoms. The van der Waals surface area contributed by atoms with Crippen LogP contribution in [0.1, 0.15) is 31.0 Å². The molecule has 2 rings (SSSR count). The van der Waals surface area contributed by atoms with E-state index >= 15 is 0 Å². The molecule has 1 aromatic rings. The van der Waals surface area contributed by atoms with Gasteiger partial charge in [0.05, 0.1) is 0 Å². The van der Waals surface area contributed by atoms with Crippen LogP contribution in [0.4, 0.5) is 0 Å². The maximum Gasteiger partial charge on any atom is 0.312 e. The van der Waals surface area contributed by atoms with Crippen molar-refractivity contribution >= 4 is 5.97 Å². The summed E-state index contributed by atoms with van der Waals surface area (Å²) in [6.07, 6.45) is 0.817. The summed E-state index contributed by atoms with van der Waals surface area (Å²) in [6.45, 7) is 5.12. The van der Waals surface area contributed by atoms with Crippen molar-refractivity contribution in [3.63, 3.8) is 0 Å². The van der Waals surface area contributed by atoms with E-state index in [9.17, 15) is 4.79 Å². The Kier molecular flexibility index (Phi) is 3.19. The lowest BCUT2D eigenvalue weighted by Crippen LogP contribution is -2.19. The maximum atomic E-state index is 10.5. The third kappa shape index (κ3) is 2.38. The Bertz CT molecular complexity index is 377. The van der Waals surface area contributed by atoms with Crippen LogP contribution in [0.15, 0.2) is 4.52 Å². The van der Waals surface area contributed by atoms with Gasteiger partial charge in [0.2, 0.25) is 5.89 Å². The number of carbonyl (C=O) groups is 1. The van der Waals surface area contributed by atoms with Gasteiger partial charge in [0, 0.05) is 12.5 Å². The van der Waals surface area contributed by atoms with Gasteiger partial charge in [0.15, 0.2) is 5.82 Å². The summed E-state index contributed by atoms with van der Waals surface area (Å²) in [5.41, 5.74) is 0. The average Bonchev–Trinajstić information content (AvgIpc) is 2.83. The summed E-state index contributed by atoms with van der Waals surface area (Å²) in [7, 11) is 0. The van der Waals surface area contributed by atoms with Crippen LogP contribution in [0.25, 0.3) is 0 Å². The Hall–Kier alpha value is -1.43. The van der Waals surface area contributed by atoms with Crippen LogP contribution in [-0.2, 0) is 11.2 Å². The van der Waals surface area contributed by atoms with E-state index < -0.39 is 5.97 Å². The molecular formula is C10H15N3O3. The first-order chi connectivity index (χ1) is 7.69. The van der Waals surface area contributed by atoms with Gasteiger partial charge in [0.1, 0.15) is 6.42 Å². The number of carboxylic acid groups (broad SMARTS) is 1. The molecule has 1 saturated heterocycles. The summed E-state index contributed by atoms with van der Waals surface area (Å²) in [4.78, 5) is 16.9. The third-order valence-electron chi connectivity index (χ3n) is 2.87. The normalized spacial score (nSPS) is 21.4. The van der Waals surface area contributed by atoms with Gasteiger partial charge in [-0.05, 0) is 19.5 Å². The fraction of sp³-hybridized carbons (Fsp3) is 0.700. The smallest absolute Gasteiger partial charge is 0.312 e. The monoisotopic (exact) mass is 225 g/mol. The second-order valence-electron chi connectivity index (χ2n) is 4.00. The van der Waals surface area contributed by atoms with Crippen LogP contribution in [-0.4, -0.2) is 45.8 Å². The van der Waals surface area contributed by atoms with Gasteiger partial charge in [-0.3, -0.25) is 4.79 Å². The molecule has 0 radical (unpaired) electrons. The Labute approximate surface area is 93.2 Å². The highest BCUT2D eigenvalue weighted by Gasteiger charge is 2.26. The van der Waals surface area contributed by atoms with E-state index in [1.54, 1.807) is 0 Å². The Morgan fingerprint density at radius 3 is 3.12 bits per heavy atom. The molecule has 0 bridgehead atoms. The molecule has 6 heteroatoms. The summed E-state index contributed by atoms with van der Waals surface area (Å²) < 4.78 is 4.90. The number of rotatable bonds is 4. The van der Waals surface area contributed by atoms with Crippen LogP contribution in [0.2, 0.25) is 0 Å². The average molecular weight is 225 g/mol. The van der Waals surface area contributed by atoms with Crippen LogP contribution in [0.3, 0.4) is 0 Å². The second kappa shape index (κ2) is 4.61. The maximum absolute atomic E-state index is 10.5. The first-order valence-corrected chi connectivity index (χ1v) is 5.45. The number of aliphatic carboxylic acids is 1. The van der Waals surface area contributed by atoms with E-state index in [2.05, 4.69) is 22.0 Å². The fourth-order valence-corrected chi connectivity index (χ4v) is 1.97. The van der Waals surface area contributed by atoms with E-state index in [-0.39, 0.29) is 18.2 Å². The van der Waals surface area contributed by atoms with Gasteiger partial charge in [-0.1, -0.05) is 12.1 Å². The lowest BCUT2D eigenvalue weighted by atomic mass is 10.1. The Balaban J connectivity index is 1.99. The van der Waals surface area contributed by atoms with E-state index in [1.807, 2.05) is 0 Å². The highest BCUT2D eigenvalue weighted by Crippen LogP contribution is 2.24. The lowest BCUT2D eigenvalue weighted by molar-refractivity contribution is -0.136. The first-order valence-electron chi connectivity index (χ1n) is 5.45. The first kappa shape index (κ1) is 11.1. The highest BCUT2D eigenvalue weighted by molar-refractivity contribution is 5.68. The molecular weight excluding hydrogens is 210 g/mol. The van der Waals surface area contributed by atoms with E-state index in [0.717, 1.165) is 26.1 Å². The van der Waals surface area contributed by atoms with Gasteiger partial charge in [-0.2, -0.15) is 4.98 Å². The molecule has 88 valence electrons. The summed E-state index contributed by atoms with van der Waals surface area (Å²) in [6, 6.07) is 0. The number of aromatic nitrogens is 2. The van der Waals surface area contributed by atoms with E-state index in [4.69, 9.17) is 9.63 Å². The molecule has 1 unspecified atom stereocenters. The Morgan fingerprint density at radius 1 is 1.69 bits per heavy atom. The number of likely N-dealkylation sites (N-methyl/N-ethyl adjacent to an activating group) is 1. The molecule has 2 heterocycles. The van der Waals surface area contributed by atoms with Crippen molar-refractivity contribution in [2.24, 2.45) is 0 Å². The van der Waals surface area contributed by atoms with E-state index in [0.29, 0.717) is 5.82 Å². The van der Waals surface area contributed by atoms with Gasteiger partial charge in [-0.15, -0.1) is 0 Å². The topological polar surface area (TPSA) is 79.5 Å². The van der Waals surface area contributed by atoms with Crippen molar-refractivity contribution in [3.8, 4) is 0 Å². The highest BCUT2D eigenvalue weighted by atomic mass is 16.5. The minimum absolute atomic E-state index is 0.192. The largest absolute Gasteiger partial charge is 0.481 e. The zero-order valence-electron chi connectivity index (χ0n) is 9.22. The van der Waals surface area contributed by atoms with Crippen LogP contribution in [0, 0.1) is 0 Å². The predicted octanol–water partition coefficient (Wildman–Crippen LogP) is 0.506. The second-order valence-corrected chi connectivity index (χ2v) is 4.00. The van der Waals surface area contributed by atoms with Crippen molar-refractivity contribution in [3.05, 3.63) is 11.7 Å². The van der Waals surface area contributed by atoms with E-state index in [1.165, 1.54) is 0 Å². The zero-order valence-corrected chi connectivity index (χ0v) is 9.22. The van der Waals surface area contributed by atoms with Crippen molar-refractivity contribution in [1.29, 1.82) is 0 Å². The molecule has 1 aromatic heterocycles. The van der Waals surface area contributed by atoms with Gasteiger partial charge < -0.3 is 14.5 Å². The number of hydrogen-bond donors (Lipinski definition) is 1. The molecule has 0 amide bonds. The molecule has 1 N–H and O–H groups in total. The van der Waals surface area contributed by atoms with Crippen molar-refractivity contribution in [2.45, 2.75) is 25.7 Å². The lowest BCUT2D eigenvalue weighted by Gasteiger charge is -2.10. The fourth-order valence-electron chi connectivity index (χ4n) is 1.97. The standard InChI is InChI=1S/C10H15N3O3/c1-2-13-4-3-7(6-13)10-11-8(16-12-10)5-9(14)15/h7H,2-6H2,1H3,(H,14,15). The van der Waals surface area contributed by atoms with Crippen LogP contribution < -0.4 is 0 Å². The van der Waals surface area contributed by atoms with Gasteiger partial charge >= 0.3 is 5.97 Å². The van der Waals surface area contributed by atoms with Crippen molar-refractivity contribution < 1.29 is 14.4 Å². The zero-order chi connectivity index (χ0) is 11.5. The number of likely N-dealkylation sites (tertiary alicyclic amines) is 1. The summed E-state index contributed by atoms with van der Waals surface area (Å²) in [5, 5.41) is 12.4. The quantitative estimate of drug-likeness (QED) is 0.804. The van der Waals surface area contributed by atoms with Crippen LogP contribution >= 0.6 is 0 Å². The minimum Gasteiger partial charge on any atom is -0.481 e. The molecule has 1 fully saturated rings. The molecule has 1 atom stereocenters. The van der Waals surface area contributed by atoms with Crippen molar-refractivity contribution in [1.82, 2.24) is 15.0 Å². The third-order valence-corrected chi connectivity index (χ3v) is 2.87. The molecule has 0 aliphatic carbocycles. The van der Waals surface area contributed by atoms with Gasteiger partial charge in [-0.25, -0.2) is 0 Å².